The zero-order chi connectivity index (χ0) is 29.5. The summed E-state index contributed by atoms with van der Waals surface area (Å²) in [4.78, 5) is 18.8. The number of aromatic amines is 1. The summed E-state index contributed by atoms with van der Waals surface area (Å²) in [6.45, 7) is 5.91. The molecule has 226 valence electrons. The Bertz CT molecular complexity index is 1730. The van der Waals surface area contributed by atoms with Crippen molar-refractivity contribution in [1.29, 1.82) is 0 Å². The maximum Gasteiger partial charge on any atom is 0.319 e. The number of hydrogen-bond donors (Lipinski definition) is 1. The van der Waals surface area contributed by atoms with Gasteiger partial charge in [0.2, 0.25) is 0 Å². The van der Waals surface area contributed by atoms with Gasteiger partial charge in [0.1, 0.15) is 17.0 Å². The first-order valence-electron chi connectivity index (χ1n) is 15.4. The van der Waals surface area contributed by atoms with Crippen LogP contribution in [0.25, 0.3) is 33.1 Å². The van der Waals surface area contributed by atoms with Gasteiger partial charge in [-0.2, -0.15) is 15.1 Å². The fraction of sp³-hybridized carbons (Fsp3) is 0.562. The van der Waals surface area contributed by atoms with E-state index in [1.807, 2.05) is 6.07 Å². The molecular weight excluding hydrogens is 569 g/mol. The quantitative estimate of drug-likeness (QED) is 0.263. The maximum atomic E-state index is 17.0. The molecule has 0 bridgehead atoms. The van der Waals surface area contributed by atoms with E-state index >= 15 is 4.39 Å². The van der Waals surface area contributed by atoms with Crippen LogP contribution in [0.3, 0.4) is 0 Å². The molecule has 0 unspecified atom stereocenters. The van der Waals surface area contributed by atoms with E-state index in [9.17, 15) is 0 Å². The summed E-state index contributed by atoms with van der Waals surface area (Å²) < 4.78 is 29.3. The highest BCUT2D eigenvalue weighted by Gasteiger charge is 2.45. The lowest BCUT2D eigenvalue weighted by atomic mass is 9.86. The highest BCUT2D eigenvalue weighted by molar-refractivity contribution is 6.33. The molecule has 4 aliphatic rings. The third kappa shape index (κ3) is 4.73. The number of halogens is 2. The second-order valence-corrected chi connectivity index (χ2v) is 14.1. The minimum Gasteiger partial charge on any atom is -0.463 e. The largest absolute Gasteiger partial charge is 0.463 e. The average Bonchev–Trinajstić information content (AvgIpc) is 3.85. The summed E-state index contributed by atoms with van der Waals surface area (Å²) in [5, 5.41) is 9.23. The Balaban J connectivity index is 1.27. The van der Waals surface area contributed by atoms with Crippen LogP contribution in [-0.2, 0) is 4.74 Å². The van der Waals surface area contributed by atoms with Gasteiger partial charge in [-0.15, -0.1) is 0 Å². The molecule has 5 heterocycles. The summed E-state index contributed by atoms with van der Waals surface area (Å²) in [5.74, 6) is 0.874. The van der Waals surface area contributed by atoms with E-state index in [4.69, 9.17) is 36.0 Å². The number of H-pyrrole nitrogens is 1. The molecule has 11 heteroatoms. The van der Waals surface area contributed by atoms with Crippen molar-refractivity contribution in [2.24, 2.45) is 11.3 Å². The first kappa shape index (κ1) is 27.5. The number of ether oxygens (including phenoxy) is 2. The molecule has 43 heavy (non-hydrogen) atoms. The van der Waals surface area contributed by atoms with Gasteiger partial charge in [-0.3, -0.25) is 10.1 Å². The van der Waals surface area contributed by atoms with Gasteiger partial charge in [-0.25, -0.2) is 4.39 Å². The molecule has 3 aromatic heterocycles. The molecule has 8 rings (SSSR count). The lowest BCUT2D eigenvalue weighted by molar-refractivity contribution is -0.151. The highest BCUT2D eigenvalue weighted by Crippen LogP contribution is 2.54. The topological polar surface area (TPSA) is 92.3 Å². The number of nitrogens with zero attached hydrogens (tertiary/aromatic N) is 6. The third-order valence-corrected chi connectivity index (χ3v) is 10.3. The molecule has 2 aliphatic carbocycles. The van der Waals surface area contributed by atoms with Crippen molar-refractivity contribution in [1.82, 2.24) is 30.0 Å². The second-order valence-electron chi connectivity index (χ2n) is 13.6. The Kier molecular flexibility index (Phi) is 6.37. The molecule has 0 amide bonds. The Morgan fingerprint density at radius 2 is 2.00 bits per heavy atom. The van der Waals surface area contributed by atoms with Gasteiger partial charge >= 0.3 is 6.01 Å². The first-order chi connectivity index (χ1) is 20.7. The Morgan fingerprint density at radius 3 is 2.70 bits per heavy atom. The summed E-state index contributed by atoms with van der Waals surface area (Å²) in [6.07, 6.45) is 9.67. The fourth-order valence-electron chi connectivity index (χ4n) is 7.32. The van der Waals surface area contributed by atoms with E-state index in [1.54, 1.807) is 12.4 Å². The third-order valence-electron chi connectivity index (χ3n) is 10.0. The van der Waals surface area contributed by atoms with Gasteiger partial charge in [-0.1, -0.05) is 18.5 Å². The first-order valence-corrected chi connectivity index (χ1v) is 15.8. The normalized spacial score (nSPS) is 26.0. The molecule has 1 aromatic carbocycles. The van der Waals surface area contributed by atoms with Crippen molar-refractivity contribution in [3.05, 3.63) is 34.9 Å². The predicted octanol–water partition coefficient (Wildman–Crippen LogP) is 5.96. The van der Waals surface area contributed by atoms with Crippen molar-refractivity contribution in [3.63, 3.8) is 0 Å². The molecule has 2 saturated heterocycles. The number of fused-ring (bicyclic) bond motifs is 2. The number of rotatable bonds is 8. The molecule has 3 atom stereocenters. The molecule has 4 fully saturated rings. The van der Waals surface area contributed by atoms with E-state index in [0.29, 0.717) is 40.9 Å². The number of benzene rings is 1. The van der Waals surface area contributed by atoms with Gasteiger partial charge in [0.15, 0.2) is 5.82 Å². The van der Waals surface area contributed by atoms with Gasteiger partial charge in [0, 0.05) is 53.6 Å². The van der Waals surface area contributed by atoms with E-state index in [-0.39, 0.29) is 34.2 Å². The summed E-state index contributed by atoms with van der Waals surface area (Å²) in [5.41, 5.74) is 2.74. The van der Waals surface area contributed by atoms with E-state index < -0.39 is 5.82 Å². The molecule has 4 aromatic rings. The van der Waals surface area contributed by atoms with Crippen LogP contribution < -0.4 is 9.64 Å². The standard InChI is InChI=1S/C32H37ClFN7O2/c1-18-11-19(18)24-22(33)12-23-20(14-36-39-23)25(24)28-26(34)27-21(13-35-28)29(41-9-4-5-32(16-41)8-10-43-32)38-30(37-27)42-17-31(6-7-31)15-40(2)3/h12-14,18-19H,4-11,15-17H2,1-3H3,(H,36,39)/t18-,19+,32+/m1/s1. The van der Waals surface area contributed by atoms with Crippen molar-refractivity contribution in [2.45, 2.75) is 57.0 Å². The van der Waals surface area contributed by atoms with Gasteiger partial charge < -0.3 is 19.3 Å². The van der Waals surface area contributed by atoms with Crippen molar-refractivity contribution >= 4 is 39.2 Å². The van der Waals surface area contributed by atoms with Crippen LogP contribution in [0.1, 0.15) is 56.9 Å². The zero-order valence-electron chi connectivity index (χ0n) is 24.9. The lowest BCUT2D eigenvalue weighted by Gasteiger charge is -2.48. The van der Waals surface area contributed by atoms with Crippen LogP contribution in [0.4, 0.5) is 10.2 Å². The minimum absolute atomic E-state index is 0.0857. The fourth-order valence-corrected chi connectivity index (χ4v) is 7.67. The van der Waals surface area contributed by atoms with E-state index in [2.05, 4.69) is 41.0 Å². The molecule has 2 saturated carbocycles. The van der Waals surface area contributed by atoms with Crippen molar-refractivity contribution in [2.75, 3.05) is 51.8 Å². The predicted molar refractivity (Wildman–Crippen MR) is 164 cm³/mol. The van der Waals surface area contributed by atoms with Gasteiger partial charge in [-0.05, 0) is 69.7 Å². The molecule has 1 N–H and O–H groups in total. The molecule has 1 spiro atoms. The van der Waals surface area contributed by atoms with E-state index in [1.165, 1.54) is 0 Å². The highest BCUT2D eigenvalue weighted by atomic mass is 35.5. The monoisotopic (exact) mass is 605 g/mol. The Labute approximate surface area is 255 Å². The lowest BCUT2D eigenvalue weighted by Crippen LogP contribution is -2.56. The summed E-state index contributed by atoms with van der Waals surface area (Å²) in [6, 6.07) is 2.09. The van der Waals surface area contributed by atoms with Crippen LogP contribution in [0.2, 0.25) is 5.02 Å². The van der Waals surface area contributed by atoms with Crippen LogP contribution >= 0.6 is 11.6 Å². The Hall–Kier alpha value is -3.08. The molecular formula is C32H37ClFN7O2. The van der Waals surface area contributed by atoms with Gasteiger partial charge in [0.05, 0.1) is 35.9 Å². The van der Waals surface area contributed by atoms with E-state index in [0.717, 1.165) is 74.7 Å². The van der Waals surface area contributed by atoms with Crippen LogP contribution in [0.5, 0.6) is 6.01 Å². The van der Waals surface area contributed by atoms with Gasteiger partial charge in [0.25, 0.3) is 0 Å². The van der Waals surface area contributed by atoms with Crippen molar-refractivity contribution in [3.8, 4) is 17.3 Å². The Morgan fingerprint density at radius 1 is 1.19 bits per heavy atom. The average molecular weight is 606 g/mol. The number of aromatic nitrogens is 5. The number of hydrogen-bond acceptors (Lipinski definition) is 8. The summed E-state index contributed by atoms with van der Waals surface area (Å²) >= 11 is 6.84. The smallest absolute Gasteiger partial charge is 0.319 e. The molecule has 0 radical (unpaired) electrons. The van der Waals surface area contributed by atoms with Crippen molar-refractivity contribution < 1.29 is 13.9 Å². The zero-order valence-corrected chi connectivity index (χ0v) is 25.7. The number of nitrogens with one attached hydrogen (secondary N) is 1. The maximum absolute atomic E-state index is 17.0. The number of piperidine rings is 1. The second kappa shape index (κ2) is 9.97. The minimum atomic E-state index is -0.494. The van der Waals surface area contributed by atoms with Crippen LogP contribution in [0, 0.1) is 17.2 Å². The SMILES string of the molecule is C[C@@H]1C[C@@H]1c1c(Cl)cc2[nH]ncc2c1-c1ncc2c(N3CCC[C@]4(CCO4)C3)nc(OCC3(CN(C)C)CC3)nc2c1F. The number of pyridine rings is 1. The van der Waals surface area contributed by atoms with Crippen LogP contribution in [-0.4, -0.2) is 82.6 Å². The summed E-state index contributed by atoms with van der Waals surface area (Å²) in [7, 11) is 4.15. The molecule has 2 aliphatic heterocycles. The number of anilines is 1. The van der Waals surface area contributed by atoms with Crippen LogP contribution in [0.15, 0.2) is 18.5 Å². The molecule has 9 nitrogen and oxygen atoms in total.